The zero-order valence-corrected chi connectivity index (χ0v) is 23.1. The molecular formula is C24H57N3O4S. The molecular weight excluding hydrogens is 426 g/mol. The van der Waals surface area contributed by atoms with Gasteiger partial charge in [0.2, 0.25) is 0 Å². The lowest BCUT2D eigenvalue weighted by Crippen LogP contribution is -2.29. The molecule has 32 heavy (non-hydrogen) atoms. The average molecular weight is 484 g/mol. The number of carbonyl (C=O) groups excluding carboxylic acids is 1. The second-order valence-corrected chi connectivity index (χ2v) is 6.37. The van der Waals surface area contributed by atoms with Crippen LogP contribution in [0, 0.1) is 0 Å². The van der Waals surface area contributed by atoms with Crippen molar-refractivity contribution in [3.05, 3.63) is 36.6 Å². The number of aliphatic hydroxyl groups excluding tert-OH is 1. The Balaban J connectivity index is -0.0000000497. The first-order valence-corrected chi connectivity index (χ1v) is 11.7. The number of carbonyl (C=O) groups is 1. The summed E-state index contributed by atoms with van der Waals surface area (Å²) >= 11 is 1.75. The van der Waals surface area contributed by atoms with Gasteiger partial charge in [0.15, 0.2) is 0 Å². The zero-order chi connectivity index (χ0) is 25.8. The van der Waals surface area contributed by atoms with Crippen LogP contribution in [0.3, 0.4) is 0 Å². The SMILES string of the molecule is C.CC(C)=O.CC=CCNC.CC=CCOCC(O)NC.CC=CNC.COC.CSC. The number of hydrogen-bond acceptors (Lipinski definition) is 8. The van der Waals surface area contributed by atoms with Gasteiger partial charge < -0.3 is 30.0 Å². The summed E-state index contributed by atoms with van der Waals surface area (Å²) < 4.78 is 9.28. The fraction of sp³-hybridized carbons (Fsp3) is 0.708. The van der Waals surface area contributed by atoms with Crippen LogP contribution in [0.5, 0.6) is 0 Å². The molecule has 0 heterocycles. The molecule has 0 aliphatic rings. The Kier molecular flexibility index (Phi) is 95.2. The molecule has 0 aromatic rings. The second kappa shape index (κ2) is 63.1. The van der Waals surface area contributed by atoms with E-state index in [-0.39, 0.29) is 13.2 Å². The Labute approximate surface area is 205 Å². The monoisotopic (exact) mass is 483 g/mol. The Bertz CT molecular complexity index is 348. The molecule has 0 aliphatic heterocycles. The van der Waals surface area contributed by atoms with Gasteiger partial charge in [-0.2, -0.15) is 11.8 Å². The summed E-state index contributed by atoms with van der Waals surface area (Å²) in [6, 6.07) is 0. The zero-order valence-electron chi connectivity index (χ0n) is 22.2. The van der Waals surface area contributed by atoms with Gasteiger partial charge in [0.05, 0.1) is 13.2 Å². The summed E-state index contributed by atoms with van der Waals surface area (Å²) in [6.45, 7) is 10.8. The van der Waals surface area contributed by atoms with Crippen molar-refractivity contribution in [3.63, 3.8) is 0 Å². The van der Waals surface area contributed by atoms with Crippen molar-refractivity contribution < 1.29 is 19.4 Å². The van der Waals surface area contributed by atoms with Crippen LogP contribution in [-0.4, -0.2) is 84.8 Å². The van der Waals surface area contributed by atoms with Gasteiger partial charge in [-0.3, -0.25) is 5.32 Å². The van der Waals surface area contributed by atoms with E-state index in [2.05, 4.69) is 26.8 Å². The van der Waals surface area contributed by atoms with E-state index in [1.165, 1.54) is 13.8 Å². The predicted octanol–water partition coefficient (Wildman–Crippen LogP) is 4.11. The third kappa shape index (κ3) is 159. The number of aliphatic hydroxyl groups is 1. The highest BCUT2D eigenvalue weighted by molar-refractivity contribution is 7.97. The Hall–Kier alpha value is -1.16. The van der Waals surface area contributed by atoms with E-state index in [0.29, 0.717) is 13.2 Å². The van der Waals surface area contributed by atoms with Crippen molar-refractivity contribution in [1.29, 1.82) is 0 Å². The molecule has 0 fully saturated rings. The molecule has 0 amide bonds. The summed E-state index contributed by atoms with van der Waals surface area (Å²) in [5.74, 6) is 0.167. The summed E-state index contributed by atoms with van der Waals surface area (Å²) in [5, 5.41) is 17.4. The number of Topliss-reactive ketones (excluding diaryl/α,β-unsaturated/α-hetero) is 1. The van der Waals surface area contributed by atoms with Gasteiger partial charge in [0.1, 0.15) is 12.0 Å². The van der Waals surface area contributed by atoms with Crippen LogP contribution in [0.4, 0.5) is 0 Å². The number of thioether (sulfide) groups is 1. The third-order valence-electron chi connectivity index (χ3n) is 1.95. The van der Waals surface area contributed by atoms with Gasteiger partial charge in [-0.15, -0.1) is 0 Å². The number of likely N-dealkylation sites (N-methyl/N-ethyl adjacent to an activating group) is 2. The quantitative estimate of drug-likeness (QED) is 0.233. The van der Waals surface area contributed by atoms with Crippen molar-refractivity contribution in [3.8, 4) is 0 Å². The first kappa shape index (κ1) is 48.3. The first-order chi connectivity index (χ1) is 14.7. The van der Waals surface area contributed by atoms with Crippen molar-refractivity contribution >= 4 is 17.5 Å². The van der Waals surface area contributed by atoms with Crippen LogP contribution in [0.1, 0.15) is 42.0 Å². The number of methoxy groups -OCH3 is 1. The van der Waals surface area contributed by atoms with Gasteiger partial charge in [0, 0.05) is 27.8 Å². The van der Waals surface area contributed by atoms with E-state index in [4.69, 9.17) is 9.84 Å². The average Bonchev–Trinajstić information content (AvgIpc) is 2.72. The Morgan fingerprint density at radius 3 is 1.59 bits per heavy atom. The van der Waals surface area contributed by atoms with Crippen LogP contribution in [-0.2, 0) is 14.3 Å². The summed E-state index contributed by atoms with van der Waals surface area (Å²) in [4.78, 5) is 9.44. The van der Waals surface area contributed by atoms with E-state index < -0.39 is 6.23 Å². The molecule has 0 spiro atoms. The smallest absolute Gasteiger partial charge is 0.128 e. The highest BCUT2D eigenvalue weighted by atomic mass is 32.2. The minimum Gasteiger partial charge on any atom is -0.394 e. The Morgan fingerprint density at radius 2 is 1.41 bits per heavy atom. The molecule has 0 saturated carbocycles. The van der Waals surface area contributed by atoms with Crippen molar-refractivity contribution in [2.75, 3.05) is 67.6 Å². The summed E-state index contributed by atoms with van der Waals surface area (Å²) in [5.41, 5.74) is 0. The highest BCUT2D eigenvalue weighted by Crippen LogP contribution is 1.80. The molecule has 7 nitrogen and oxygen atoms in total. The number of rotatable bonds is 8. The van der Waals surface area contributed by atoms with E-state index >= 15 is 0 Å². The van der Waals surface area contributed by atoms with Gasteiger partial charge in [0.25, 0.3) is 0 Å². The van der Waals surface area contributed by atoms with Crippen LogP contribution in [0.2, 0.25) is 0 Å². The molecule has 198 valence electrons. The maximum Gasteiger partial charge on any atom is 0.128 e. The summed E-state index contributed by atoms with van der Waals surface area (Å²) in [6.07, 6.45) is 15.2. The fourth-order valence-electron chi connectivity index (χ4n) is 0.830. The maximum absolute atomic E-state index is 9.44. The van der Waals surface area contributed by atoms with Gasteiger partial charge in [-0.05, 0) is 67.4 Å². The van der Waals surface area contributed by atoms with Gasteiger partial charge in [-0.25, -0.2) is 0 Å². The largest absolute Gasteiger partial charge is 0.394 e. The van der Waals surface area contributed by atoms with Gasteiger partial charge in [-0.1, -0.05) is 37.8 Å². The fourth-order valence-corrected chi connectivity index (χ4v) is 0.830. The molecule has 0 aromatic heterocycles. The van der Waals surface area contributed by atoms with Crippen molar-refractivity contribution in [2.45, 2.75) is 48.3 Å². The lowest BCUT2D eigenvalue weighted by Gasteiger charge is -2.07. The lowest BCUT2D eigenvalue weighted by atomic mass is 10.5. The van der Waals surface area contributed by atoms with Crippen molar-refractivity contribution in [1.82, 2.24) is 16.0 Å². The molecule has 1 unspecified atom stereocenters. The van der Waals surface area contributed by atoms with Crippen LogP contribution < -0.4 is 16.0 Å². The molecule has 0 rings (SSSR count). The molecule has 0 aromatic carbocycles. The van der Waals surface area contributed by atoms with Crippen molar-refractivity contribution in [2.24, 2.45) is 0 Å². The normalized spacial score (nSPS) is 9.78. The second-order valence-electron chi connectivity index (χ2n) is 5.55. The molecule has 0 bridgehead atoms. The minimum absolute atomic E-state index is 0. The predicted molar refractivity (Wildman–Crippen MR) is 149 cm³/mol. The van der Waals surface area contributed by atoms with E-state index in [9.17, 15) is 4.79 Å². The molecule has 4 N–H and O–H groups in total. The summed E-state index contributed by atoms with van der Waals surface area (Å²) in [7, 11) is 8.74. The lowest BCUT2D eigenvalue weighted by molar-refractivity contribution is -0.114. The number of nitrogens with one attached hydrogen (secondary N) is 3. The number of hydrogen-bond donors (Lipinski definition) is 4. The third-order valence-corrected chi connectivity index (χ3v) is 1.95. The standard InChI is InChI=1S/C7H15NO2.C5H11N.C4H9N.C3H6O.C2H6O.C2H6S.CH4/c1-3-4-5-10-6-7(9)8-2;1-3-4-5-6-2;1-3-4-5-2;1-3(2)4;2*1-3-2;/h3-4,7-9H,5-6H2,1-2H3;3-4,6H,5H2,1-2H3;3-5H,1-2H3;1-2H3;2*1-2H3;1H4. The molecule has 8 heteroatoms. The number of allylic oxidation sites excluding steroid dienone is 3. The van der Waals surface area contributed by atoms with Gasteiger partial charge >= 0.3 is 0 Å². The minimum atomic E-state index is -0.551. The number of ketones is 1. The van der Waals surface area contributed by atoms with E-state index in [1.807, 2.05) is 77.9 Å². The molecule has 0 saturated heterocycles. The maximum atomic E-state index is 9.44. The molecule has 1 atom stereocenters. The first-order valence-electron chi connectivity index (χ1n) is 10.1. The highest BCUT2D eigenvalue weighted by Gasteiger charge is 1.96. The number of ether oxygens (including phenoxy) is 2. The molecule has 0 aliphatic carbocycles. The van der Waals surface area contributed by atoms with Crippen LogP contribution >= 0.6 is 11.8 Å². The van der Waals surface area contributed by atoms with E-state index in [1.54, 1.807) is 33.0 Å². The van der Waals surface area contributed by atoms with Crippen LogP contribution in [0.15, 0.2) is 36.6 Å². The molecule has 0 radical (unpaired) electrons. The topological polar surface area (TPSA) is 91.9 Å². The Morgan fingerprint density at radius 1 is 1.00 bits per heavy atom. The van der Waals surface area contributed by atoms with Crippen LogP contribution in [0.25, 0.3) is 0 Å². The van der Waals surface area contributed by atoms with E-state index in [0.717, 1.165) is 6.54 Å².